The van der Waals surface area contributed by atoms with E-state index in [0.717, 1.165) is 50.2 Å². The summed E-state index contributed by atoms with van der Waals surface area (Å²) in [5.41, 5.74) is 4.61. The molecule has 3 heterocycles. The van der Waals surface area contributed by atoms with E-state index in [0.29, 0.717) is 34.9 Å². The van der Waals surface area contributed by atoms with Crippen molar-refractivity contribution in [1.29, 1.82) is 0 Å². The molecule has 0 spiro atoms. The van der Waals surface area contributed by atoms with Crippen molar-refractivity contribution < 1.29 is 9.21 Å². The molecule has 1 saturated heterocycles. The first-order valence-electron chi connectivity index (χ1n) is 12.8. The first kappa shape index (κ1) is 24.0. The predicted molar refractivity (Wildman–Crippen MR) is 139 cm³/mol. The normalized spacial score (nSPS) is 14.5. The van der Waals surface area contributed by atoms with E-state index < -0.39 is 0 Å². The largest absolute Gasteiger partial charge is 0.420 e. The summed E-state index contributed by atoms with van der Waals surface area (Å²) in [4.78, 5) is 15.4. The smallest absolute Gasteiger partial charge is 0.268 e. The molecular weight excluding hydrogens is 450 g/mol. The minimum absolute atomic E-state index is 0.0836. The molecule has 0 N–H and O–H groups in total. The molecule has 186 valence electrons. The lowest BCUT2D eigenvalue weighted by atomic mass is 9.90. The molecule has 2 aromatic heterocycles. The fourth-order valence-corrected chi connectivity index (χ4v) is 4.95. The van der Waals surface area contributed by atoms with Crippen molar-refractivity contribution in [3.8, 4) is 17.3 Å². The van der Waals surface area contributed by atoms with Crippen molar-refractivity contribution in [2.75, 3.05) is 13.1 Å². The number of benzene rings is 2. The summed E-state index contributed by atoms with van der Waals surface area (Å²) < 4.78 is 7.51. The molecule has 1 amide bonds. The Kier molecular flexibility index (Phi) is 6.98. The van der Waals surface area contributed by atoms with Gasteiger partial charge in [0.15, 0.2) is 0 Å². The molecule has 0 radical (unpaired) electrons. The van der Waals surface area contributed by atoms with Crippen LogP contribution in [0.25, 0.3) is 17.3 Å². The number of carbonyl (C=O) groups is 1. The minimum Gasteiger partial charge on any atom is -0.420 e. The molecule has 1 fully saturated rings. The molecule has 4 aromatic rings. The average molecular weight is 484 g/mol. The highest BCUT2D eigenvalue weighted by Gasteiger charge is 2.24. The minimum atomic E-state index is 0.0836. The van der Waals surface area contributed by atoms with Gasteiger partial charge in [0.2, 0.25) is 5.89 Å². The first-order valence-corrected chi connectivity index (χ1v) is 12.8. The number of nitrogens with zero attached hydrogens (tertiary/aromatic N) is 5. The first-order chi connectivity index (χ1) is 17.5. The van der Waals surface area contributed by atoms with Crippen LogP contribution in [-0.4, -0.2) is 43.9 Å². The lowest BCUT2D eigenvalue weighted by molar-refractivity contribution is 0.0690. The Labute approximate surface area is 212 Å². The van der Waals surface area contributed by atoms with E-state index in [1.165, 1.54) is 5.56 Å². The van der Waals surface area contributed by atoms with E-state index in [2.05, 4.69) is 54.4 Å². The van der Waals surface area contributed by atoms with E-state index in [9.17, 15) is 4.79 Å². The predicted octanol–water partition coefficient (Wildman–Crippen LogP) is 5.52. The number of hydrogen-bond acceptors (Lipinski definition) is 5. The van der Waals surface area contributed by atoms with Crippen molar-refractivity contribution in [2.45, 2.75) is 46.5 Å². The second kappa shape index (κ2) is 10.5. The molecule has 0 atom stereocenters. The van der Waals surface area contributed by atoms with Crippen LogP contribution in [0.4, 0.5) is 0 Å². The van der Waals surface area contributed by atoms with Crippen LogP contribution in [-0.2, 0) is 12.8 Å². The maximum atomic E-state index is 13.4. The molecule has 1 aliphatic heterocycles. The van der Waals surface area contributed by atoms with Gasteiger partial charge in [-0.15, -0.1) is 10.2 Å². The molecule has 5 rings (SSSR count). The quantitative estimate of drug-likeness (QED) is 0.346. The third-order valence-corrected chi connectivity index (χ3v) is 6.75. The highest BCUT2D eigenvalue weighted by atomic mass is 16.4. The molecular formula is C29H33N5O2. The molecule has 1 aliphatic rings. The summed E-state index contributed by atoms with van der Waals surface area (Å²) in [6.45, 7) is 7.70. The fourth-order valence-electron chi connectivity index (χ4n) is 4.95. The molecule has 7 nitrogen and oxygen atoms in total. The fraction of sp³-hybridized carbons (Fsp3) is 0.379. The van der Waals surface area contributed by atoms with Gasteiger partial charge in [-0.05, 0) is 67.3 Å². The van der Waals surface area contributed by atoms with Gasteiger partial charge in [0.25, 0.3) is 11.8 Å². The second-order valence-electron chi connectivity index (χ2n) is 10.1. The van der Waals surface area contributed by atoms with Crippen LogP contribution in [0.3, 0.4) is 0 Å². The van der Waals surface area contributed by atoms with Crippen molar-refractivity contribution >= 4 is 5.91 Å². The maximum Gasteiger partial charge on any atom is 0.268 e. The standard InChI is InChI=1S/C29H33N5O2/c1-20(2)16-26-19-27(28-31-30-21(3)36-28)32-34(26)25-11-7-10-24(18-25)29(35)33-14-12-23(13-15-33)17-22-8-5-4-6-9-22/h4-11,18-20,23H,12-17H2,1-3H3. The van der Waals surface area contributed by atoms with E-state index in [1.54, 1.807) is 6.92 Å². The van der Waals surface area contributed by atoms with Gasteiger partial charge in [-0.25, -0.2) is 4.68 Å². The summed E-state index contributed by atoms with van der Waals surface area (Å²) in [5, 5.41) is 12.8. The second-order valence-corrected chi connectivity index (χ2v) is 10.1. The van der Waals surface area contributed by atoms with Gasteiger partial charge in [0.1, 0.15) is 5.69 Å². The van der Waals surface area contributed by atoms with Crippen LogP contribution in [0.15, 0.2) is 65.1 Å². The number of likely N-dealkylation sites (tertiary alicyclic amines) is 1. The van der Waals surface area contributed by atoms with Crippen LogP contribution in [0, 0.1) is 18.8 Å². The molecule has 36 heavy (non-hydrogen) atoms. The lowest BCUT2D eigenvalue weighted by Gasteiger charge is -2.32. The van der Waals surface area contributed by atoms with E-state index in [1.807, 2.05) is 39.9 Å². The molecule has 0 aliphatic carbocycles. The third kappa shape index (κ3) is 5.40. The SMILES string of the molecule is Cc1nnc(-c2cc(CC(C)C)n(-c3cccc(C(=O)N4CCC(Cc5ccccc5)CC4)c3)n2)o1. The average Bonchev–Trinajstić information content (AvgIpc) is 3.50. The van der Waals surface area contributed by atoms with Crippen LogP contribution in [0.1, 0.15) is 54.2 Å². The van der Waals surface area contributed by atoms with Gasteiger partial charge in [-0.3, -0.25) is 4.79 Å². The number of aromatic nitrogens is 4. The topological polar surface area (TPSA) is 77.1 Å². The number of aryl methyl sites for hydroxylation is 1. The Morgan fingerprint density at radius 1 is 1.03 bits per heavy atom. The van der Waals surface area contributed by atoms with Gasteiger partial charge < -0.3 is 9.32 Å². The summed E-state index contributed by atoms with van der Waals surface area (Å²) in [6.07, 6.45) is 3.99. The summed E-state index contributed by atoms with van der Waals surface area (Å²) >= 11 is 0. The van der Waals surface area contributed by atoms with Crippen molar-refractivity contribution in [3.05, 3.63) is 83.4 Å². The zero-order chi connectivity index (χ0) is 25.1. The monoisotopic (exact) mass is 483 g/mol. The van der Waals surface area contributed by atoms with Crippen molar-refractivity contribution in [2.24, 2.45) is 11.8 Å². The highest BCUT2D eigenvalue weighted by Crippen LogP contribution is 2.25. The van der Waals surface area contributed by atoms with Crippen LogP contribution in [0.2, 0.25) is 0 Å². The summed E-state index contributed by atoms with van der Waals surface area (Å²) in [5.74, 6) is 2.06. The van der Waals surface area contributed by atoms with Gasteiger partial charge in [-0.1, -0.05) is 50.2 Å². The number of carbonyl (C=O) groups excluding carboxylic acids is 1. The highest BCUT2D eigenvalue weighted by molar-refractivity contribution is 5.94. The van der Waals surface area contributed by atoms with Gasteiger partial charge >= 0.3 is 0 Å². The Hall–Kier alpha value is -3.74. The van der Waals surface area contributed by atoms with Crippen molar-refractivity contribution in [3.63, 3.8) is 0 Å². The van der Waals surface area contributed by atoms with Crippen LogP contribution >= 0.6 is 0 Å². The van der Waals surface area contributed by atoms with Crippen LogP contribution < -0.4 is 0 Å². The number of amides is 1. The van der Waals surface area contributed by atoms with Gasteiger partial charge in [-0.2, -0.15) is 5.10 Å². The van der Waals surface area contributed by atoms with Gasteiger partial charge in [0.05, 0.1) is 5.69 Å². The van der Waals surface area contributed by atoms with E-state index in [-0.39, 0.29) is 5.91 Å². The molecule has 0 saturated carbocycles. The van der Waals surface area contributed by atoms with E-state index in [4.69, 9.17) is 9.52 Å². The van der Waals surface area contributed by atoms with Crippen LogP contribution in [0.5, 0.6) is 0 Å². The lowest BCUT2D eigenvalue weighted by Crippen LogP contribution is -2.39. The van der Waals surface area contributed by atoms with E-state index >= 15 is 0 Å². The summed E-state index contributed by atoms with van der Waals surface area (Å²) in [6, 6.07) is 20.4. The van der Waals surface area contributed by atoms with Crippen molar-refractivity contribution in [1.82, 2.24) is 24.9 Å². The Bertz CT molecular complexity index is 1320. The Morgan fingerprint density at radius 2 is 1.81 bits per heavy atom. The maximum absolute atomic E-state index is 13.4. The zero-order valence-corrected chi connectivity index (χ0v) is 21.2. The molecule has 7 heteroatoms. The third-order valence-electron chi connectivity index (χ3n) is 6.75. The zero-order valence-electron chi connectivity index (χ0n) is 21.2. The van der Waals surface area contributed by atoms with Gasteiger partial charge in [0, 0.05) is 31.3 Å². The number of piperidine rings is 1. The Balaban J connectivity index is 1.32. The number of rotatable bonds is 7. The summed E-state index contributed by atoms with van der Waals surface area (Å²) in [7, 11) is 0. The Morgan fingerprint density at radius 3 is 2.50 bits per heavy atom. The number of hydrogen-bond donors (Lipinski definition) is 0. The molecule has 0 unspecified atom stereocenters. The molecule has 2 aromatic carbocycles. The molecule has 0 bridgehead atoms.